The van der Waals surface area contributed by atoms with Gasteiger partial charge in [-0.15, -0.1) is 0 Å². The molecule has 740 valence electrons. The second-order valence-electron chi connectivity index (χ2n) is 31.8. The summed E-state index contributed by atoms with van der Waals surface area (Å²) in [6.07, 6.45) is 20.3. The lowest BCUT2D eigenvalue weighted by Crippen LogP contribution is -2.10. The number of fused-ring (bicyclic) bond motifs is 3. The number of hydrogen-bond acceptors (Lipinski definition) is 28. The van der Waals surface area contributed by atoms with Gasteiger partial charge < -0.3 is 80.8 Å². The van der Waals surface area contributed by atoms with Crippen LogP contribution in [0.15, 0.2) is 311 Å². The summed E-state index contributed by atoms with van der Waals surface area (Å²) in [5.41, 5.74) is 30.3. The summed E-state index contributed by atoms with van der Waals surface area (Å²) in [5.74, 6) is 7.22. The van der Waals surface area contributed by atoms with Crippen LogP contribution in [-0.2, 0) is 41.4 Å². The number of unbranched alkanes of at least 4 members (excludes halogenated alkanes) is 7. The number of carbonyl (C=O) groups is 6. The molecule has 0 bridgehead atoms. The number of nitrogens with two attached hydrogens (primary N) is 3. The maximum atomic E-state index is 12.7. The van der Waals surface area contributed by atoms with Crippen LogP contribution in [0, 0.1) is 28.1 Å². The third kappa shape index (κ3) is 37.3. The average Bonchev–Trinajstić information content (AvgIpc) is 1.05. The molecule has 0 saturated carbocycles. The van der Waals surface area contributed by atoms with Gasteiger partial charge in [-0.05, 0) is 287 Å². The average molecular weight is 1990 g/mol. The first-order valence-electron chi connectivity index (χ1n) is 47.1. The van der Waals surface area contributed by atoms with E-state index in [0.717, 1.165) is 165 Å². The molecule has 0 amide bonds. The molecule has 15 aromatic rings. The number of hydrogen-bond donors (Lipinski definition) is 6. The largest absolute Gasteiger partial charge is 0.494 e. The molecular weight excluding hydrogens is 1870 g/mol. The highest BCUT2D eigenvalue weighted by Gasteiger charge is 2.18. The topological polar surface area (TPSA) is 383 Å². The summed E-state index contributed by atoms with van der Waals surface area (Å²) in [5, 5.41) is 25.3. The molecule has 3 heterocycles. The first-order chi connectivity index (χ1) is 70.2. The van der Waals surface area contributed by atoms with Crippen molar-refractivity contribution in [2.75, 3.05) is 63.4 Å². The zero-order chi connectivity index (χ0) is 102. The van der Waals surface area contributed by atoms with E-state index in [1.807, 2.05) is 134 Å². The summed E-state index contributed by atoms with van der Waals surface area (Å²) in [7, 11) is 0. The van der Waals surface area contributed by atoms with Crippen LogP contribution in [0.4, 0.5) is 15.4 Å². The van der Waals surface area contributed by atoms with E-state index in [2.05, 4.69) is 96.8 Å². The molecule has 0 aliphatic heterocycles. The molecule has 12 aromatic carbocycles. The van der Waals surface area contributed by atoms with Gasteiger partial charge in [0.2, 0.25) is 0 Å². The predicted octanol–water partition coefficient (Wildman–Crippen LogP) is 25.6. The maximum absolute atomic E-state index is 12.7. The molecule has 28 heteroatoms. The van der Waals surface area contributed by atoms with Crippen molar-refractivity contribution in [3.8, 4) is 74.3 Å². The van der Waals surface area contributed by atoms with Crippen LogP contribution in [0.1, 0.15) is 168 Å². The molecule has 0 aliphatic carbocycles. The molecular formula is C116H117N9O16S3. The number of nitrogens with zero attached hydrogens (tertiary/aromatic N) is 3. The number of ether oxygens (including phenoxy) is 10. The van der Waals surface area contributed by atoms with Crippen LogP contribution in [0.3, 0.4) is 0 Å². The van der Waals surface area contributed by atoms with Crippen molar-refractivity contribution in [3.05, 3.63) is 367 Å². The van der Waals surface area contributed by atoms with E-state index in [-0.39, 0.29) is 6.61 Å². The van der Waals surface area contributed by atoms with Gasteiger partial charge in [0, 0.05) is 71.1 Å². The summed E-state index contributed by atoms with van der Waals surface area (Å²) >= 11 is 4.56. The SMILES string of the molecule is C=CC(=O)OCCCCCCOc1ccc(C(=O)Oc2ccc(-c3ccc(OCC)cc3)c(C=N)c2)cc1.C=CC(=O)OCCCCCCOc1ccc(C(=O)Oc2ccc(C#Cc3ccc(CCCC)cc3)cc2C=N)cc1.C=CC(=O)OCCCOc1ccc(C(=O)Oc2ccc(-c3ccc(CCC)cc3)cc2C=N)cc1.Nc1nc2ccccc2s1.Nc1nc2ccccc2s1.Nc1nc2ccccc2s1. The third-order valence-corrected chi connectivity index (χ3v) is 23.8. The Morgan fingerprint density at radius 1 is 0.333 bits per heavy atom. The van der Waals surface area contributed by atoms with Gasteiger partial charge >= 0.3 is 35.8 Å². The lowest BCUT2D eigenvalue weighted by molar-refractivity contribution is -0.138. The first-order valence-corrected chi connectivity index (χ1v) is 49.6. The normalized spacial score (nSPS) is 10.3. The van der Waals surface area contributed by atoms with Crippen molar-refractivity contribution >= 4 is 135 Å². The highest BCUT2D eigenvalue weighted by molar-refractivity contribution is 7.22. The van der Waals surface area contributed by atoms with E-state index in [1.54, 1.807) is 109 Å². The minimum atomic E-state index is -0.521. The van der Waals surface area contributed by atoms with E-state index in [4.69, 9.17) is 80.8 Å². The fourth-order valence-corrected chi connectivity index (χ4v) is 15.9. The van der Waals surface area contributed by atoms with Gasteiger partial charge in [0.15, 0.2) is 15.4 Å². The first kappa shape index (κ1) is 110. The lowest BCUT2D eigenvalue weighted by atomic mass is 10.00. The second kappa shape index (κ2) is 60.5. The zero-order valence-corrected chi connectivity index (χ0v) is 83.2. The smallest absolute Gasteiger partial charge is 0.343 e. The number of esters is 6. The summed E-state index contributed by atoms with van der Waals surface area (Å²) < 4.78 is 57.5. The van der Waals surface area contributed by atoms with E-state index in [1.165, 1.54) is 70.4 Å². The number of rotatable bonds is 42. The minimum Gasteiger partial charge on any atom is -0.494 e. The number of benzene rings is 12. The molecule has 0 atom stereocenters. The van der Waals surface area contributed by atoms with E-state index in [9.17, 15) is 28.8 Å². The van der Waals surface area contributed by atoms with E-state index >= 15 is 0 Å². The van der Waals surface area contributed by atoms with Gasteiger partial charge in [-0.3, -0.25) is 0 Å². The number of anilines is 3. The number of aryl methyl sites for hydroxylation is 2. The molecule has 0 spiro atoms. The van der Waals surface area contributed by atoms with Gasteiger partial charge in [-0.25, -0.2) is 43.7 Å². The molecule has 0 saturated heterocycles. The highest BCUT2D eigenvalue weighted by atomic mass is 32.1. The fourth-order valence-electron chi connectivity index (χ4n) is 13.7. The van der Waals surface area contributed by atoms with Crippen LogP contribution < -0.4 is 50.4 Å². The van der Waals surface area contributed by atoms with Crippen molar-refractivity contribution in [3.63, 3.8) is 0 Å². The number of nitrogen functional groups attached to an aromatic ring is 3. The Morgan fingerprint density at radius 2 is 0.694 bits per heavy atom. The molecule has 9 N–H and O–H groups in total. The minimum absolute atomic E-state index is 0.244. The van der Waals surface area contributed by atoms with Gasteiger partial charge in [0.25, 0.3) is 0 Å². The van der Waals surface area contributed by atoms with Crippen molar-refractivity contribution in [2.45, 2.75) is 111 Å². The standard InChI is InChI=1S/C35H37NO5.C31H33NO6.C29H29NO5.3C7H6N2S/c1-3-5-10-27-11-13-28(14-12-27)15-16-29-17-22-33(31(25-29)26-36)41-35(38)30-18-20-32(21-19-30)39-23-8-6-7-9-24-40-34(37)4-2;1-3-30(33)37-20-8-6-5-7-19-36-27-15-11-24(12-16-27)31(34)38-28-17-18-29(25(21-28)22-32)23-9-13-26(14-10-23)35-4-2;1-3-6-21-7-9-22(10-8-21)24-13-16-27(25(19-24)20-30)35-29(32)23-11-14-26(15-12-23)33-17-5-18-34-28(31)4-2;3*8-7-9-5-3-1-2-4-6(5)10-7/h4,11-14,17-22,25-26,36H,2-3,5-10,23-24H2,1H3;3,9-18,21-22,32H,1,4-8,19-20H2,2H3;4,7-16,19-20,30H,2-3,5-6,17-18H2,1H3;3*1-4H,(H2,8,9). The zero-order valence-electron chi connectivity index (χ0n) is 80.7. The number of carbonyl (C=O) groups excluding carboxylic acids is 6. The van der Waals surface area contributed by atoms with Gasteiger partial charge in [0.1, 0.15) is 40.2 Å². The quantitative estimate of drug-likeness (QED) is 0.00393. The molecule has 3 aromatic heterocycles. The molecule has 15 rings (SSSR count). The van der Waals surface area contributed by atoms with Crippen molar-refractivity contribution in [1.29, 1.82) is 16.2 Å². The Kier molecular flexibility index (Phi) is 46.0. The Morgan fingerprint density at radius 3 is 1.12 bits per heavy atom. The maximum Gasteiger partial charge on any atom is 0.343 e. The number of nitrogens with one attached hydrogen (secondary N) is 3. The van der Waals surface area contributed by atoms with Crippen molar-refractivity contribution in [1.82, 2.24) is 15.0 Å². The molecule has 0 radical (unpaired) electrons. The summed E-state index contributed by atoms with van der Waals surface area (Å²) in [6, 6.07) is 84.1. The molecule has 0 fully saturated rings. The lowest BCUT2D eigenvalue weighted by Gasteiger charge is -2.11. The number of para-hydroxylation sites is 3. The molecule has 25 nitrogen and oxygen atoms in total. The van der Waals surface area contributed by atoms with Crippen LogP contribution in [0.5, 0.6) is 40.2 Å². The molecule has 0 unspecified atom stereocenters. The summed E-state index contributed by atoms with van der Waals surface area (Å²) in [6.45, 7) is 19.5. The van der Waals surface area contributed by atoms with Crippen molar-refractivity contribution < 1.29 is 76.1 Å². The van der Waals surface area contributed by atoms with Crippen LogP contribution in [-0.4, -0.2) is 116 Å². The van der Waals surface area contributed by atoms with Gasteiger partial charge in [-0.1, -0.05) is 189 Å². The Hall–Kier alpha value is -16.5. The monoisotopic (exact) mass is 1990 g/mol. The Labute approximate surface area is 851 Å². The number of aromatic nitrogens is 3. The van der Waals surface area contributed by atoms with Crippen LogP contribution >= 0.6 is 34.0 Å². The summed E-state index contributed by atoms with van der Waals surface area (Å²) in [4.78, 5) is 83.3. The molecule has 144 heavy (non-hydrogen) atoms. The number of thiazole rings is 3. The second-order valence-corrected chi connectivity index (χ2v) is 35.0. The van der Waals surface area contributed by atoms with Crippen molar-refractivity contribution in [2.24, 2.45) is 0 Å². The van der Waals surface area contributed by atoms with E-state index in [0.29, 0.717) is 129 Å². The fraction of sp³-hybridized carbons (Fsp3) is 0.207. The Bertz CT molecular complexity index is 6520. The van der Waals surface area contributed by atoms with Gasteiger partial charge in [-0.2, -0.15) is 0 Å². The Balaban J connectivity index is 0.000000192. The van der Waals surface area contributed by atoms with Crippen LogP contribution in [0.2, 0.25) is 0 Å². The van der Waals surface area contributed by atoms with E-state index < -0.39 is 35.8 Å². The van der Waals surface area contributed by atoms with Gasteiger partial charge in [0.05, 0.1) is 93.6 Å². The third-order valence-electron chi connectivity index (χ3n) is 21.2. The highest BCUT2D eigenvalue weighted by Crippen LogP contribution is 2.33. The van der Waals surface area contributed by atoms with Crippen LogP contribution in [0.25, 0.3) is 52.9 Å². The molecule has 0 aliphatic rings. The predicted molar refractivity (Wildman–Crippen MR) is 578 cm³/mol.